The van der Waals surface area contributed by atoms with Crippen LogP contribution in [0.2, 0.25) is 5.02 Å². The molecule has 0 unspecified atom stereocenters. The monoisotopic (exact) mass is 406 g/mol. The van der Waals surface area contributed by atoms with Crippen molar-refractivity contribution in [2.45, 2.75) is 25.8 Å². The van der Waals surface area contributed by atoms with Crippen LogP contribution < -0.4 is 25.2 Å². The standard InChI is InChI=1S/C19H23ClN4O4/c1-27-13-6-7-16(28-2)14(10-13)22-17(25)12-24-19(26)18(20)15(11-21-24)23-8-4-3-5-9-23/h6-7,10-11H,3-5,8-9,12H2,1-2H3,(H,22,25). The molecular weight excluding hydrogens is 384 g/mol. The first-order chi connectivity index (χ1) is 13.5. The fourth-order valence-electron chi connectivity index (χ4n) is 3.16. The number of halogens is 1. The molecule has 8 nitrogen and oxygen atoms in total. The summed E-state index contributed by atoms with van der Waals surface area (Å²) in [5.74, 6) is 0.621. The smallest absolute Gasteiger partial charge is 0.288 e. The van der Waals surface area contributed by atoms with Crippen LogP contribution in [-0.2, 0) is 11.3 Å². The number of aromatic nitrogens is 2. The van der Waals surface area contributed by atoms with E-state index in [0.29, 0.717) is 22.9 Å². The van der Waals surface area contributed by atoms with Crippen molar-refractivity contribution in [3.8, 4) is 11.5 Å². The molecule has 0 radical (unpaired) electrons. The molecule has 1 amide bonds. The zero-order chi connectivity index (χ0) is 20.1. The number of anilines is 2. The number of nitrogens with zero attached hydrogens (tertiary/aromatic N) is 3. The van der Waals surface area contributed by atoms with Gasteiger partial charge in [-0.15, -0.1) is 0 Å². The normalized spacial score (nSPS) is 13.9. The average molecular weight is 407 g/mol. The van der Waals surface area contributed by atoms with Gasteiger partial charge in [-0.05, 0) is 31.4 Å². The number of carbonyl (C=O) groups is 1. The van der Waals surface area contributed by atoms with E-state index in [1.54, 1.807) is 24.4 Å². The summed E-state index contributed by atoms with van der Waals surface area (Å²) in [6.07, 6.45) is 4.84. The highest BCUT2D eigenvalue weighted by molar-refractivity contribution is 6.33. The van der Waals surface area contributed by atoms with Crippen LogP contribution in [0.5, 0.6) is 11.5 Å². The van der Waals surface area contributed by atoms with Crippen molar-refractivity contribution < 1.29 is 14.3 Å². The van der Waals surface area contributed by atoms with Gasteiger partial charge in [0.25, 0.3) is 5.56 Å². The third-order valence-electron chi connectivity index (χ3n) is 4.64. The highest BCUT2D eigenvalue weighted by Crippen LogP contribution is 2.29. The molecule has 2 aromatic rings. The Morgan fingerprint density at radius 3 is 2.64 bits per heavy atom. The van der Waals surface area contributed by atoms with Gasteiger partial charge in [0.05, 0.1) is 31.8 Å². The number of hydrogen-bond donors (Lipinski definition) is 1. The third-order valence-corrected chi connectivity index (χ3v) is 4.99. The Balaban J connectivity index is 1.76. The first-order valence-corrected chi connectivity index (χ1v) is 9.43. The van der Waals surface area contributed by atoms with E-state index in [0.717, 1.165) is 30.6 Å². The quantitative estimate of drug-likeness (QED) is 0.793. The number of benzene rings is 1. The first-order valence-electron chi connectivity index (χ1n) is 9.06. The lowest BCUT2D eigenvalue weighted by Gasteiger charge is -2.29. The number of hydrogen-bond acceptors (Lipinski definition) is 6. The molecule has 150 valence electrons. The van der Waals surface area contributed by atoms with Gasteiger partial charge in [0.1, 0.15) is 23.1 Å². The van der Waals surface area contributed by atoms with Crippen LogP contribution in [0.25, 0.3) is 0 Å². The van der Waals surface area contributed by atoms with E-state index in [1.807, 2.05) is 0 Å². The number of ether oxygens (including phenoxy) is 2. The van der Waals surface area contributed by atoms with Crippen molar-refractivity contribution >= 4 is 28.9 Å². The largest absolute Gasteiger partial charge is 0.497 e. The summed E-state index contributed by atoms with van der Waals surface area (Å²) in [7, 11) is 3.03. The Morgan fingerprint density at radius 1 is 1.21 bits per heavy atom. The Morgan fingerprint density at radius 2 is 1.96 bits per heavy atom. The number of piperidine rings is 1. The molecule has 3 rings (SSSR count). The molecule has 0 spiro atoms. The van der Waals surface area contributed by atoms with Crippen LogP contribution >= 0.6 is 11.6 Å². The van der Waals surface area contributed by atoms with Gasteiger partial charge in [-0.3, -0.25) is 9.59 Å². The maximum Gasteiger partial charge on any atom is 0.288 e. The van der Waals surface area contributed by atoms with E-state index in [4.69, 9.17) is 21.1 Å². The highest BCUT2D eigenvalue weighted by atomic mass is 35.5. The molecule has 1 aromatic carbocycles. The summed E-state index contributed by atoms with van der Waals surface area (Å²) < 4.78 is 11.5. The molecule has 1 N–H and O–H groups in total. The minimum absolute atomic E-state index is 0.0867. The fourth-order valence-corrected chi connectivity index (χ4v) is 3.43. The number of nitrogens with one attached hydrogen (secondary N) is 1. The van der Waals surface area contributed by atoms with Gasteiger partial charge in [-0.1, -0.05) is 11.6 Å². The maximum atomic E-state index is 12.6. The van der Waals surface area contributed by atoms with E-state index in [2.05, 4.69) is 15.3 Å². The van der Waals surface area contributed by atoms with Gasteiger partial charge in [0.2, 0.25) is 5.91 Å². The second kappa shape index (κ2) is 8.97. The van der Waals surface area contributed by atoms with E-state index >= 15 is 0 Å². The number of rotatable bonds is 6. The first kappa shape index (κ1) is 20.0. The Kier molecular flexibility index (Phi) is 6.41. The number of amides is 1. The van der Waals surface area contributed by atoms with Crippen molar-refractivity contribution in [2.75, 3.05) is 37.5 Å². The third kappa shape index (κ3) is 4.39. The predicted octanol–water partition coefficient (Wildman–Crippen LogP) is 2.54. The van der Waals surface area contributed by atoms with Crippen molar-refractivity contribution in [1.29, 1.82) is 0 Å². The van der Waals surface area contributed by atoms with Gasteiger partial charge in [0.15, 0.2) is 0 Å². The molecule has 1 saturated heterocycles. The summed E-state index contributed by atoms with van der Waals surface area (Å²) >= 11 is 6.28. The molecule has 1 aromatic heterocycles. The van der Waals surface area contributed by atoms with Crippen molar-refractivity contribution in [2.24, 2.45) is 0 Å². The topological polar surface area (TPSA) is 85.7 Å². The minimum atomic E-state index is -0.488. The minimum Gasteiger partial charge on any atom is -0.497 e. The van der Waals surface area contributed by atoms with E-state index in [1.165, 1.54) is 20.6 Å². The van der Waals surface area contributed by atoms with Gasteiger partial charge in [-0.2, -0.15) is 5.10 Å². The molecule has 0 atom stereocenters. The van der Waals surface area contributed by atoms with Crippen molar-refractivity contribution in [3.05, 3.63) is 39.8 Å². The van der Waals surface area contributed by atoms with Gasteiger partial charge >= 0.3 is 0 Å². The lowest BCUT2D eigenvalue weighted by molar-refractivity contribution is -0.117. The lowest BCUT2D eigenvalue weighted by Crippen LogP contribution is -2.34. The van der Waals surface area contributed by atoms with Crippen molar-refractivity contribution in [1.82, 2.24) is 9.78 Å². The zero-order valence-corrected chi connectivity index (χ0v) is 16.7. The fraction of sp³-hybridized carbons (Fsp3) is 0.421. The number of methoxy groups -OCH3 is 2. The Labute approximate surface area is 168 Å². The van der Waals surface area contributed by atoms with Crippen LogP contribution in [0.1, 0.15) is 19.3 Å². The summed E-state index contributed by atoms with van der Waals surface area (Å²) in [5.41, 5.74) is 0.575. The molecule has 0 saturated carbocycles. The SMILES string of the molecule is COc1ccc(OC)c(NC(=O)Cn2ncc(N3CCCCC3)c(Cl)c2=O)c1. The van der Waals surface area contributed by atoms with Crippen LogP contribution in [0.3, 0.4) is 0 Å². The van der Waals surface area contributed by atoms with E-state index in [-0.39, 0.29) is 11.6 Å². The highest BCUT2D eigenvalue weighted by Gasteiger charge is 2.19. The Hall–Kier alpha value is -2.74. The molecule has 0 bridgehead atoms. The summed E-state index contributed by atoms with van der Waals surface area (Å²) in [5, 5.41) is 6.93. The maximum absolute atomic E-state index is 12.6. The summed E-state index contributed by atoms with van der Waals surface area (Å²) in [6, 6.07) is 5.04. The lowest BCUT2D eigenvalue weighted by atomic mass is 10.1. The molecule has 1 fully saturated rings. The molecule has 1 aliphatic heterocycles. The van der Waals surface area contributed by atoms with E-state index in [9.17, 15) is 9.59 Å². The summed E-state index contributed by atoms with van der Waals surface area (Å²) in [6.45, 7) is 1.43. The van der Waals surface area contributed by atoms with Crippen LogP contribution in [0.4, 0.5) is 11.4 Å². The molecule has 0 aliphatic carbocycles. The van der Waals surface area contributed by atoms with E-state index < -0.39 is 11.5 Å². The second-order valence-corrected chi connectivity index (χ2v) is 6.85. The zero-order valence-electron chi connectivity index (χ0n) is 15.9. The molecular formula is C19H23ClN4O4. The molecule has 1 aliphatic rings. The number of carbonyl (C=O) groups excluding carboxylic acids is 1. The van der Waals surface area contributed by atoms with Gasteiger partial charge in [-0.25, -0.2) is 4.68 Å². The van der Waals surface area contributed by atoms with Crippen molar-refractivity contribution in [3.63, 3.8) is 0 Å². The van der Waals surface area contributed by atoms with Gasteiger partial charge < -0.3 is 19.7 Å². The Bertz CT molecular complexity index is 909. The second-order valence-electron chi connectivity index (χ2n) is 6.47. The van der Waals surface area contributed by atoms with Crippen LogP contribution in [0, 0.1) is 0 Å². The van der Waals surface area contributed by atoms with Crippen LogP contribution in [0.15, 0.2) is 29.2 Å². The van der Waals surface area contributed by atoms with Crippen LogP contribution in [-0.4, -0.2) is 43.0 Å². The predicted molar refractivity (Wildman–Crippen MR) is 108 cm³/mol. The molecule has 2 heterocycles. The van der Waals surface area contributed by atoms with Gasteiger partial charge in [0, 0.05) is 19.2 Å². The summed E-state index contributed by atoms with van der Waals surface area (Å²) in [4.78, 5) is 27.1. The average Bonchev–Trinajstić information content (AvgIpc) is 2.72. The molecule has 28 heavy (non-hydrogen) atoms. The molecule has 9 heteroatoms.